The third kappa shape index (κ3) is 3.26. The summed E-state index contributed by atoms with van der Waals surface area (Å²) in [6, 6.07) is 3.61. The van der Waals surface area contributed by atoms with E-state index in [1.54, 1.807) is 33.6 Å². The predicted octanol–water partition coefficient (Wildman–Crippen LogP) is 3.43. The molecule has 1 heterocycles. The van der Waals surface area contributed by atoms with Crippen LogP contribution in [0.4, 0.5) is 5.69 Å². The fraction of sp³-hybridized carbons (Fsp3) is 0.308. The van der Waals surface area contributed by atoms with Gasteiger partial charge in [0.2, 0.25) is 0 Å². The molecule has 0 spiro atoms. The van der Waals surface area contributed by atoms with Gasteiger partial charge in [0.25, 0.3) is 0 Å². The SMILES string of the molecule is COc1cc(OC)c(OC)cc1NCc1cnc(Cl)s1. The standard InChI is InChI=1S/C13H15ClN2O3S/c1-17-10-5-12(19-3)11(18-2)4-9(10)15-6-8-7-16-13(14)20-8/h4-5,7,15H,6H2,1-3H3. The summed E-state index contributed by atoms with van der Waals surface area (Å²) in [6.45, 7) is 0.607. The Morgan fingerprint density at radius 3 is 2.30 bits per heavy atom. The molecule has 0 aliphatic rings. The van der Waals surface area contributed by atoms with E-state index in [1.165, 1.54) is 11.3 Å². The molecule has 2 rings (SSSR count). The number of hydrogen-bond donors (Lipinski definition) is 1. The lowest BCUT2D eigenvalue weighted by Crippen LogP contribution is -2.01. The molecule has 0 aliphatic carbocycles. The molecular weight excluding hydrogens is 300 g/mol. The molecule has 108 valence electrons. The van der Waals surface area contributed by atoms with Crippen molar-refractivity contribution < 1.29 is 14.2 Å². The van der Waals surface area contributed by atoms with Crippen LogP contribution >= 0.6 is 22.9 Å². The van der Waals surface area contributed by atoms with Crippen LogP contribution in [0.3, 0.4) is 0 Å². The maximum Gasteiger partial charge on any atom is 0.183 e. The van der Waals surface area contributed by atoms with Crippen molar-refractivity contribution in [1.82, 2.24) is 4.98 Å². The number of halogens is 1. The number of anilines is 1. The summed E-state index contributed by atoms with van der Waals surface area (Å²) in [5.41, 5.74) is 0.815. The summed E-state index contributed by atoms with van der Waals surface area (Å²) in [7, 11) is 4.79. The highest BCUT2D eigenvalue weighted by Crippen LogP contribution is 2.38. The van der Waals surface area contributed by atoms with Gasteiger partial charge in [0.15, 0.2) is 16.0 Å². The van der Waals surface area contributed by atoms with Gasteiger partial charge >= 0.3 is 0 Å². The summed E-state index contributed by atoms with van der Waals surface area (Å²) in [5.74, 6) is 1.94. The first kappa shape index (κ1) is 14.7. The van der Waals surface area contributed by atoms with Crippen LogP contribution in [0.1, 0.15) is 4.88 Å². The molecule has 0 fully saturated rings. The van der Waals surface area contributed by atoms with Gasteiger partial charge in [-0.25, -0.2) is 4.98 Å². The molecule has 1 aromatic carbocycles. The smallest absolute Gasteiger partial charge is 0.183 e. The zero-order valence-electron chi connectivity index (χ0n) is 11.4. The van der Waals surface area contributed by atoms with Gasteiger partial charge in [-0.3, -0.25) is 0 Å². The molecule has 0 unspecified atom stereocenters. The number of aromatic nitrogens is 1. The number of nitrogens with zero attached hydrogens (tertiary/aromatic N) is 1. The fourth-order valence-electron chi connectivity index (χ4n) is 1.72. The number of methoxy groups -OCH3 is 3. The number of benzene rings is 1. The zero-order chi connectivity index (χ0) is 14.5. The molecule has 0 radical (unpaired) electrons. The third-order valence-corrected chi connectivity index (χ3v) is 3.80. The van der Waals surface area contributed by atoms with E-state index in [9.17, 15) is 0 Å². The molecule has 0 bridgehead atoms. The van der Waals surface area contributed by atoms with Crippen molar-refractivity contribution >= 4 is 28.6 Å². The van der Waals surface area contributed by atoms with Gasteiger partial charge in [0.05, 0.1) is 33.6 Å². The van der Waals surface area contributed by atoms with Crippen LogP contribution in [-0.2, 0) is 6.54 Å². The van der Waals surface area contributed by atoms with Crippen LogP contribution in [0.25, 0.3) is 0 Å². The fourth-order valence-corrected chi connectivity index (χ4v) is 2.63. The average molecular weight is 315 g/mol. The first-order chi connectivity index (χ1) is 9.67. The number of nitrogens with one attached hydrogen (secondary N) is 1. The number of ether oxygens (including phenoxy) is 3. The molecule has 0 saturated heterocycles. The van der Waals surface area contributed by atoms with Crippen molar-refractivity contribution in [3.63, 3.8) is 0 Å². The third-order valence-electron chi connectivity index (χ3n) is 2.68. The first-order valence-corrected chi connectivity index (χ1v) is 7.01. The molecule has 1 aromatic heterocycles. The molecule has 2 aromatic rings. The Balaban J connectivity index is 2.21. The molecule has 7 heteroatoms. The Kier molecular flexibility index (Phi) is 4.92. The monoisotopic (exact) mass is 314 g/mol. The lowest BCUT2D eigenvalue weighted by molar-refractivity contribution is 0.349. The topological polar surface area (TPSA) is 52.6 Å². The second-order valence-electron chi connectivity index (χ2n) is 3.84. The van der Waals surface area contributed by atoms with E-state index >= 15 is 0 Å². The number of thiazole rings is 1. The second-order valence-corrected chi connectivity index (χ2v) is 5.54. The van der Waals surface area contributed by atoms with Crippen LogP contribution in [0.5, 0.6) is 17.2 Å². The molecule has 0 saturated carbocycles. The lowest BCUT2D eigenvalue weighted by atomic mass is 10.2. The van der Waals surface area contributed by atoms with Crippen LogP contribution in [0, 0.1) is 0 Å². The summed E-state index contributed by atoms with van der Waals surface area (Å²) < 4.78 is 16.4. The highest BCUT2D eigenvalue weighted by molar-refractivity contribution is 7.15. The Bertz CT molecular complexity index is 589. The van der Waals surface area contributed by atoms with Crippen molar-refractivity contribution in [1.29, 1.82) is 0 Å². The van der Waals surface area contributed by atoms with Gasteiger partial charge < -0.3 is 19.5 Å². The zero-order valence-corrected chi connectivity index (χ0v) is 13.0. The number of rotatable bonds is 6. The predicted molar refractivity (Wildman–Crippen MR) is 80.5 cm³/mol. The average Bonchev–Trinajstić information content (AvgIpc) is 2.89. The van der Waals surface area contributed by atoms with E-state index in [2.05, 4.69) is 10.3 Å². The van der Waals surface area contributed by atoms with Crippen molar-refractivity contribution in [2.75, 3.05) is 26.6 Å². The van der Waals surface area contributed by atoms with Crippen LogP contribution in [-0.4, -0.2) is 26.3 Å². The van der Waals surface area contributed by atoms with Crippen LogP contribution in [0.2, 0.25) is 4.47 Å². The van der Waals surface area contributed by atoms with Crippen molar-refractivity contribution in [2.24, 2.45) is 0 Å². The van der Waals surface area contributed by atoms with Crippen molar-refractivity contribution in [2.45, 2.75) is 6.54 Å². The molecular formula is C13H15ClN2O3S. The van der Waals surface area contributed by atoms with Gasteiger partial charge in [0, 0.05) is 23.2 Å². The molecule has 0 amide bonds. The molecule has 0 aliphatic heterocycles. The maximum atomic E-state index is 5.81. The van der Waals surface area contributed by atoms with Crippen LogP contribution in [0.15, 0.2) is 18.3 Å². The lowest BCUT2D eigenvalue weighted by Gasteiger charge is -2.15. The van der Waals surface area contributed by atoms with E-state index in [4.69, 9.17) is 25.8 Å². The van der Waals surface area contributed by atoms with E-state index < -0.39 is 0 Å². The first-order valence-electron chi connectivity index (χ1n) is 5.82. The van der Waals surface area contributed by atoms with Gasteiger partial charge in [-0.1, -0.05) is 11.6 Å². The summed E-state index contributed by atoms with van der Waals surface area (Å²) >= 11 is 7.24. The Hall–Kier alpha value is -1.66. The van der Waals surface area contributed by atoms with E-state index in [0.717, 1.165) is 10.6 Å². The normalized spacial score (nSPS) is 10.2. The Morgan fingerprint density at radius 1 is 1.10 bits per heavy atom. The largest absolute Gasteiger partial charge is 0.494 e. The van der Waals surface area contributed by atoms with Gasteiger partial charge in [-0.05, 0) is 0 Å². The summed E-state index contributed by atoms with van der Waals surface area (Å²) in [6.07, 6.45) is 1.74. The molecule has 20 heavy (non-hydrogen) atoms. The molecule has 0 atom stereocenters. The van der Waals surface area contributed by atoms with Crippen LogP contribution < -0.4 is 19.5 Å². The van der Waals surface area contributed by atoms with E-state index in [0.29, 0.717) is 28.3 Å². The minimum absolute atomic E-state index is 0.529. The van der Waals surface area contributed by atoms with Gasteiger partial charge in [-0.2, -0.15) is 0 Å². The highest BCUT2D eigenvalue weighted by Gasteiger charge is 2.12. The molecule has 1 N–H and O–H groups in total. The van der Waals surface area contributed by atoms with E-state index in [-0.39, 0.29) is 0 Å². The minimum atomic E-state index is 0.529. The Morgan fingerprint density at radius 2 is 1.75 bits per heavy atom. The van der Waals surface area contributed by atoms with Gasteiger partial charge in [0.1, 0.15) is 5.75 Å². The summed E-state index contributed by atoms with van der Waals surface area (Å²) in [5, 5.41) is 3.27. The van der Waals surface area contributed by atoms with Crippen molar-refractivity contribution in [3.05, 3.63) is 27.7 Å². The second kappa shape index (κ2) is 6.67. The Labute approximate surface area is 126 Å². The summed E-state index contributed by atoms with van der Waals surface area (Å²) in [4.78, 5) is 5.03. The maximum absolute atomic E-state index is 5.81. The molecule has 5 nitrogen and oxygen atoms in total. The minimum Gasteiger partial charge on any atom is -0.494 e. The highest BCUT2D eigenvalue weighted by atomic mass is 35.5. The quantitative estimate of drug-likeness (QED) is 0.885. The number of hydrogen-bond acceptors (Lipinski definition) is 6. The van der Waals surface area contributed by atoms with Crippen molar-refractivity contribution in [3.8, 4) is 17.2 Å². The van der Waals surface area contributed by atoms with Gasteiger partial charge in [-0.15, -0.1) is 11.3 Å². The van der Waals surface area contributed by atoms with E-state index in [1.807, 2.05) is 6.07 Å².